The van der Waals surface area contributed by atoms with Gasteiger partial charge in [-0.05, 0) is 45.1 Å². The molecule has 2 atom stereocenters. The first-order valence-corrected chi connectivity index (χ1v) is 8.58. The van der Waals surface area contributed by atoms with Gasteiger partial charge in [0.15, 0.2) is 0 Å². The molecular formula is C14H28N2OS. The SMILES string of the molecule is CSCCC(C)NC(C)C(=O)NC1CCCCC1. The minimum Gasteiger partial charge on any atom is -0.352 e. The molecule has 1 aliphatic carbocycles. The Morgan fingerprint density at radius 3 is 2.56 bits per heavy atom. The van der Waals surface area contributed by atoms with Crippen molar-refractivity contribution in [3.05, 3.63) is 0 Å². The van der Waals surface area contributed by atoms with Crippen LogP contribution in [0.2, 0.25) is 0 Å². The van der Waals surface area contributed by atoms with Gasteiger partial charge >= 0.3 is 0 Å². The third-order valence-electron chi connectivity index (χ3n) is 3.63. The first-order valence-electron chi connectivity index (χ1n) is 7.19. The average Bonchev–Trinajstić information content (AvgIpc) is 2.37. The van der Waals surface area contributed by atoms with E-state index in [0.29, 0.717) is 12.1 Å². The molecule has 0 heterocycles. The van der Waals surface area contributed by atoms with E-state index in [1.807, 2.05) is 18.7 Å². The Morgan fingerprint density at radius 1 is 1.28 bits per heavy atom. The zero-order chi connectivity index (χ0) is 13.4. The maximum atomic E-state index is 12.0. The highest BCUT2D eigenvalue weighted by molar-refractivity contribution is 7.98. The number of amides is 1. The molecule has 1 amide bonds. The minimum atomic E-state index is -0.0798. The van der Waals surface area contributed by atoms with Crippen molar-refractivity contribution in [2.24, 2.45) is 0 Å². The van der Waals surface area contributed by atoms with E-state index in [9.17, 15) is 4.79 Å². The first-order chi connectivity index (χ1) is 8.63. The van der Waals surface area contributed by atoms with Gasteiger partial charge in [-0.2, -0.15) is 11.8 Å². The monoisotopic (exact) mass is 272 g/mol. The van der Waals surface area contributed by atoms with Crippen LogP contribution in [0.25, 0.3) is 0 Å². The van der Waals surface area contributed by atoms with Crippen LogP contribution in [0.3, 0.4) is 0 Å². The van der Waals surface area contributed by atoms with E-state index in [2.05, 4.69) is 23.8 Å². The van der Waals surface area contributed by atoms with Crippen LogP contribution in [-0.4, -0.2) is 36.0 Å². The maximum Gasteiger partial charge on any atom is 0.237 e. The van der Waals surface area contributed by atoms with Crippen LogP contribution >= 0.6 is 11.8 Å². The number of carbonyl (C=O) groups excluding carboxylic acids is 1. The second-order valence-electron chi connectivity index (χ2n) is 5.41. The van der Waals surface area contributed by atoms with E-state index in [1.165, 1.54) is 19.3 Å². The molecule has 18 heavy (non-hydrogen) atoms. The Bertz CT molecular complexity index is 242. The highest BCUT2D eigenvalue weighted by Gasteiger charge is 2.20. The van der Waals surface area contributed by atoms with Gasteiger partial charge in [0.1, 0.15) is 0 Å². The summed E-state index contributed by atoms with van der Waals surface area (Å²) in [5, 5.41) is 6.55. The van der Waals surface area contributed by atoms with Crippen LogP contribution in [-0.2, 0) is 4.79 Å². The van der Waals surface area contributed by atoms with Gasteiger partial charge in [0, 0.05) is 12.1 Å². The van der Waals surface area contributed by atoms with Crippen molar-refractivity contribution < 1.29 is 4.79 Å². The van der Waals surface area contributed by atoms with Crippen LogP contribution in [0.15, 0.2) is 0 Å². The molecule has 0 aromatic carbocycles. The quantitative estimate of drug-likeness (QED) is 0.748. The summed E-state index contributed by atoms with van der Waals surface area (Å²) in [4.78, 5) is 12.0. The van der Waals surface area contributed by atoms with Crippen LogP contribution in [0.4, 0.5) is 0 Å². The van der Waals surface area contributed by atoms with E-state index in [1.54, 1.807) is 0 Å². The van der Waals surface area contributed by atoms with E-state index in [0.717, 1.165) is 25.0 Å². The molecule has 2 unspecified atom stereocenters. The van der Waals surface area contributed by atoms with E-state index in [4.69, 9.17) is 0 Å². The molecule has 0 bridgehead atoms. The maximum absolute atomic E-state index is 12.0. The van der Waals surface area contributed by atoms with E-state index < -0.39 is 0 Å². The molecule has 0 aromatic heterocycles. The predicted octanol–water partition coefficient (Wildman–Crippen LogP) is 2.55. The first kappa shape index (κ1) is 15.8. The summed E-state index contributed by atoms with van der Waals surface area (Å²) in [5.74, 6) is 1.31. The lowest BCUT2D eigenvalue weighted by atomic mass is 9.95. The van der Waals surface area contributed by atoms with E-state index >= 15 is 0 Å². The molecule has 3 nitrogen and oxygen atoms in total. The van der Waals surface area contributed by atoms with Crippen molar-refractivity contribution in [2.45, 2.75) is 70.5 Å². The van der Waals surface area contributed by atoms with Crippen molar-refractivity contribution in [1.29, 1.82) is 0 Å². The number of carbonyl (C=O) groups is 1. The Morgan fingerprint density at radius 2 is 1.94 bits per heavy atom. The normalized spacial score (nSPS) is 20.4. The zero-order valence-electron chi connectivity index (χ0n) is 12.0. The summed E-state index contributed by atoms with van der Waals surface area (Å²) >= 11 is 1.85. The zero-order valence-corrected chi connectivity index (χ0v) is 12.8. The van der Waals surface area contributed by atoms with Gasteiger partial charge in [0.05, 0.1) is 6.04 Å². The lowest BCUT2D eigenvalue weighted by Crippen LogP contribution is -2.49. The predicted molar refractivity (Wildman–Crippen MR) is 80.1 cm³/mol. The highest BCUT2D eigenvalue weighted by atomic mass is 32.2. The van der Waals surface area contributed by atoms with Gasteiger partial charge in [-0.15, -0.1) is 0 Å². The Balaban J connectivity index is 2.22. The second kappa shape index (κ2) is 8.81. The minimum absolute atomic E-state index is 0.0798. The summed E-state index contributed by atoms with van der Waals surface area (Å²) in [6, 6.07) is 0.741. The smallest absolute Gasteiger partial charge is 0.237 e. The fourth-order valence-electron chi connectivity index (χ4n) is 2.45. The highest BCUT2D eigenvalue weighted by Crippen LogP contribution is 2.17. The molecule has 1 fully saturated rings. The third kappa shape index (κ3) is 6.10. The summed E-state index contributed by atoms with van der Waals surface area (Å²) in [5.41, 5.74) is 0. The molecule has 0 spiro atoms. The van der Waals surface area contributed by atoms with Crippen molar-refractivity contribution in [2.75, 3.05) is 12.0 Å². The Kier molecular flexibility index (Phi) is 7.75. The number of hydrogen-bond donors (Lipinski definition) is 2. The fraction of sp³-hybridized carbons (Fsp3) is 0.929. The van der Waals surface area contributed by atoms with Gasteiger partial charge in [-0.3, -0.25) is 4.79 Å². The molecule has 1 rings (SSSR count). The van der Waals surface area contributed by atoms with Crippen LogP contribution < -0.4 is 10.6 Å². The average molecular weight is 272 g/mol. The topological polar surface area (TPSA) is 41.1 Å². The van der Waals surface area contributed by atoms with Crippen molar-refractivity contribution >= 4 is 17.7 Å². The van der Waals surface area contributed by atoms with Gasteiger partial charge in [0.25, 0.3) is 0 Å². The van der Waals surface area contributed by atoms with E-state index in [-0.39, 0.29) is 11.9 Å². The molecule has 2 N–H and O–H groups in total. The number of nitrogens with one attached hydrogen (secondary N) is 2. The Hall–Kier alpha value is -0.220. The molecule has 0 aliphatic heterocycles. The van der Waals surface area contributed by atoms with Crippen molar-refractivity contribution in [1.82, 2.24) is 10.6 Å². The summed E-state index contributed by atoms with van der Waals surface area (Å²) in [6.07, 6.45) is 9.38. The molecule has 106 valence electrons. The number of rotatable bonds is 7. The second-order valence-corrected chi connectivity index (χ2v) is 6.40. The molecule has 1 aliphatic rings. The standard InChI is InChI=1S/C14H28N2OS/c1-11(9-10-18-3)15-12(2)14(17)16-13-7-5-4-6-8-13/h11-13,15H,4-10H2,1-3H3,(H,16,17). The van der Waals surface area contributed by atoms with Crippen molar-refractivity contribution in [3.63, 3.8) is 0 Å². The molecule has 0 saturated heterocycles. The lowest BCUT2D eigenvalue weighted by molar-refractivity contribution is -0.123. The third-order valence-corrected chi connectivity index (χ3v) is 4.28. The van der Waals surface area contributed by atoms with Crippen LogP contribution in [0, 0.1) is 0 Å². The summed E-state index contributed by atoms with van der Waals surface area (Å²) < 4.78 is 0. The molecule has 0 radical (unpaired) electrons. The molecule has 1 saturated carbocycles. The van der Waals surface area contributed by atoms with Gasteiger partial charge < -0.3 is 10.6 Å². The van der Waals surface area contributed by atoms with Crippen molar-refractivity contribution in [3.8, 4) is 0 Å². The number of hydrogen-bond acceptors (Lipinski definition) is 3. The Labute approximate surface area is 116 Å². The molecule has 0 aromatic rings. The van der Waals surface area contributed by atoms with Gasteiger partial charge in [0.2, 0.25) is 5.91 Å². The molecular weight excluding hydrogens is 244 g/mol. The lowest BCUT2D eigenvalue weighted by Gasteiger charge is -2.26. The van der Waals surface area contributed by atoms with Crippen LogP contribution in [0.1, 0.15) is 52.4 Å². The summed E-state index contributed by atoms with van der Waals surface area (Å²) in [7, 11) is 0. The largest absolute Gasteiger partial charge is 0.352 e. The van der Waals surface area contributed by atoms with Gasteiger partial charge in [-0.1, -0.05) is 19.3 Å². The van der Waals surface area contributed by atoms with Gasteiger partial charge in [-0.25, -0.2) is 0 Å². The summed E-state index contributed by atoms with van der Waals surface area (Å²) in [6.45, 7) is 4.12. The van der Waals surface area contributed by atoms with Crippen LogP contribution in [0.5, 0.6) is 0 Å². The number of thioether (sulfide) groups is 1. The molecule has 4 heteroatoms. The fourth-order valence-corrected chi connectivity index (χ4v) is 3.04.